The third-order valence-corrected chi connectivity index (χ3v) is 7.58. The van der Waals surface area contributed by atoms with Crippen molar-refractivity contribution in [2.75, 3.05) is 0 Å². The summed E-state index contributed by atoms with van der Waals surface area (Å²) in [5, 5.41) is 0.286. The molecule has 0 aliphatic carbocycles. The van der Waals surface area contributed by atoms with Crippen LogP contribution in [0.4, 0.5) is 8.78 Å². The van der Waals surface area contributed by atoms with E-state index >= 15 is 0 Å². The highest BCUT2D eigenvalue weighted by atomic mass is 35.5. The molecule has 2 aliphatic heterocycles. The quantitative estimate of drug-likeness (QED) is 0.384. The lowest BCUT2D eigenvalue weighted by molar-refractivity contribution is -0.154. The number of fused-ring (bicyclic) bond motifs is 1. The van der Waals surface area contributed by atoms with Crippen molar-refractivity contribution < 1.29 is 28.0 Å². The van der Waals surface area contributed by atoms with Gasteiger partial charge in [0.15, 0.2) is 0 Å². The molecule has 2 aromatic carbocycles. The minimum atomic E-state index is -3.74. The van der Waals surface area contributed by atoms with E-state index in [1.54, 1.807) is 33.9 Å². The number of imide groups is 1. The van der Waals surface area contributed by atoms with Crippen molar-refractivity contribution >= 4 is 66.9 Å². The molecule has 182 valence electrons. The summed E-state index contributed by atoms with van der Waals surface area (Å²) in [4.78, 5) is 54.4. The van der Waals surface area contributed by atoms with Gasteiger partial charge < -0.3 is 14.5 Å². The summed E-state index contributed by atoms with van der Waals surface area (Å²) in [6.07, 6.45) is 0.138. The Kier molecular flexibility index (Phi) is 6.58. The van der Waals surface area contributed by atoms with Gasteiger partial charge in [-0.05, 0) is 35.1 Å². The first-order chi connectivity index (χ1) is 16.8. The number of hydrogen-bond acceptors (Lipinski definition) is 4. The Morgan fingerprint density at radius 3 is 2.44 bits per heavy atom. The monoisotopic (exact) mass is 509 g/mol. The molecule has 2 heterocycles. The van der Waals surface area contributed by atoms with Crippen LogP contribution in [0.25, 0.3) is 0 Å². The normalized spacial score (nSPS) is 22.1. The van der Waals surface area contributed by atoms with Gasteiger partial charge in [0.2, 0.25) is 27.8 Å². The molecule has 2 aromatic rings. The fourth-order valence-electron chi connectivity index (χ4n) is 4.86. The van der Waals surface area contributed by atoms with Gasteiger partial charge >= 0.3 is 5.92 Å². The molecule has 0 radical (unpaired) electrons. The highest BCUT2D eigenvalue weighted by Crippen LogP contribution is 2.39. The van der Waals surface area contributed by atoms with E-state index in [4.69, 9.17) is 11.6 Å². The Morgan fingerprint density at radius 2 is 1.81 bits per heavy atom. The van der Waals surface area contributed by atoms with Crippen molar-refractivity contribution in [3.8, 4) is 0 Å². The SMILES string of the molecule is BC1CC(=O)N(B)C(=O)[C@]1(B)N1Cc2cc(CN(B)C(=O)C(F)(F)c3ccc(Cl)cc3)ccc2C1=O. The molecule has 0 saturated carbocycles. The summed E-state index contributed by atoms with van der Waals surface area (Å²) in [6, 6.07) is 9.70. The Labute approximate surface area is 215 Å². The van der Waals surface area contributed by atoms with Gasteiger partial charge in [0, 0.05) is 35.7 Å². The third-order valence-electron chi connectivity index (χ3n) is 7.33. The van der Waals surface area contributed by atoms with Crippen molar-refractivity contribution in [1.82, 2.24) is 14.5 Å². The second-order valence-corrected chi connectivity index (χ2v) is 10.1. The van der Waals surface area contributed by atoms with Gasteiger partial charge in [-0.3, -0.25) is 19.2 Å². The number of halogens is 3. The van der Waals surface area contributed by atoms with Gasteiger partial charge in [0.05, 0.1) is 5.44 Å². The van der Waals surface area contributed by atoms with Gasteiger partial charge in [-0.1, -0.05) is 35.9 Å². The number of piperidine rings is 1. The third kappa shape index (κ3) is 4.13. The Balaban J connectivity index is 1.53. The maximum atomic E-state index is 14.8. The maximum absolute atomic E-state index is 14.8. The molecule has 2 aliphatic rings. The van der Waals surface area contributed by atoms with E-state index in [2.05, 4.69) is 0 Å². The molecule has 7 nitrogen and oxygen atoms in total. The molecule has 14 heteroatoms. The van der Waals surface area contributed by atoms with Crippen LogP contribution in [0.1, 0.15) is 33.5 Å². The van der Waals surface area contributed by atoms with Crippen molar-refractivity contribution in [1.29, 1.82) is 0 Å². The van der Waals surface area contributed by atoms with Crippen LogP contribution >= 0.6 is 11.6 Å². The van der Waals surface area contributed by atoms with E-state index in [1.807, 2.05) is 0 Å². The van der Waals surface area contributed by atoms with E-state index in [9.17, 15) is 28.0 Å². The number of rotatable bonds is 5. The molecule has 36 heavy (non-hydrogen) atoms. The first-order valence-corrected chi connectivity index (χ1v) is 11.8. The second-order valence-electron chi connectivity index (χ2n) is 9.64. The topological polar surface area (TPSA) is 78.0 Å². The predicted molar refractivity (Wildman–Crippen MR) is 139 cm³/mol. The molecule has 1 fully saturated rings. The van der Waals surface area contributed by atoms with E-state index in [0.717, 1.165) is 21.8 Å². The minimum absolute atomic E-state index is 0.104. The van der Waals surface area contributed by atoms with Crippen molar-refractivity contribution in [3.05, 3.63) is 69.7 Å². The van der Waals surface area contributed by atoms with Crippen LogP contribution in [0.5, 0.6) is 0 Å². The lowest BCUT2D eigenvalue weighted by Gasteiger charge is -2.47. The maximum Gasteiger partial charge on any atom is 0.348 e. The molecule has 1 saturated heterocycles. The van der Waals surface area contributed by atoms with Crippen LogP contribution in [0.2, 0.25) is 10.8 Å². The molecule has 0 bridgehead atoms. The average Bonchev–Trinajstić information content (AvgIpc) is 3.17. The van der Waals surface area contributed by atoms with E-state index in [0.29, 0.717) is 16.7 Å². The molecule has 1 unspecified atom stereocenters. The lowest BCUT2D eigenvalue weighted by Crippen LogP contribution is -2.66. The molecule has 0 N–H and O–H groups in total. The predicted octanol–water partition coefficient (Wildman–Crippen LogP) is -0.977. The molecule has 0 aromatic heterocycles. The molecule has 4 amide bonds. The van der Waals surface area contributed by atoms with Crippen molar-refractivity contribution in [2.45, 2.75) is 36.7 Å². The first-order valence-electron chi connectivity index (χ1n) is 11.4. The summed E-state index contributed by atoms with van der Waals surface area (Å²) < 4.78 is 29.6. The summed E-state index contributed by atoms with van der Waals surface area (Å²) in [5.41, 5.74) is -0.0658. The summed E-state index contributed by atoms with van der Waals surface area (Å²) in [5.74, 6) is -6.56. The Hall–Kier alpha value is -3.07. The van der Waals surface area contributed by atoms with Crippen molar-refractivity contribution in [2.24, 2.45) is 0 Å². The van der Waals surface area contributed by atoms with Gasteiger partial charge in [0.1, 0.15) is 15.7 Å². The number of carbonyl (C=O) groups is 4. The van der Waals surface area contributed by atoms with Crippen molar-refractivity contribution in [3.63, 3.8) is 0 Å². The highest BCUT2D eigenvalue weighted by molar-refractivity contribution is 6.42. The van der Waals surface area contributed by atoms with E-state index in [-0.39, 0.29) is 42.2 Å². The van der Waals surface area contributed by atoms with Crippen LogP contribution in [0, 0.1) is 0 Å². The van der Waals surface area contributed by atoms with Crippen LogP contribution in [-0.2, 0) is 33.4 Å². The fraction of sp³-hybridized carbons (Fsp3) is 0.273. The van der Waals surface area contributed by atoms with Gasteiger partial charge in [-0.15, -0.1) is 0 Å². The number of amides is 4. The standard InChI is InChI=1S/C22H22B4ClF2N3O4/c23-16-8-17(33)32(26)19(35)21(16,24)30-10-12-7-11(1-6-15(12)18(30)34)9-31(25)20(36)22(28,29)13-2-4-14(27)5-3-13/h1-7,16H,8-10,23-26H2/t16?,21-/m1/s1. The average molecular weight is 509 g/mol. The first kappa shape index (κ1) is 26.0. The molecule has 0 spiro atoms. The zero-order valence-electron chi connectivity index (χ0n) is 20.3. The minimum Gasteiger partial charge on any atom is -0.384 e. The number of alkyl halides is 2. The largest absolute Gasteiger partial charge is 0.384 e. The second kappa shape index (κ2) is 9.10. The van der Waals surface area contributed by atoms with E-state index < -0.39 is 28.7 Å². The van der Waals surface area contributed by atoms with Crippen LogP contribution < -0.4 is 0 Å². The molecular formula is C22H22B4ClF2N3O4. The highest BCUT2D eigenvalue weighted by Gasteiger charge is 2.53. The molecular weight excluding hydrogens is 487 g/mol. The Morgan fingerprint density at radius 1 is 1.17 bits per heavy atom. The number of benzene rings is 2. The summed E-state index contributed by atoms with van der Waals surface area (Å²) in [7, 11) is 6.13. The number of carbonyl (C=O) groups excluding carboxylic acids is 4. The molecule has 2 atom stereocenters. The lowest BCUT2D eigenvalue weighted by atomic mass is 9.55. The van der Waals surface area contributed by atoms with Crippen LogP contribution in [0.3, 0.4) is 0 Å². The smallest absolute Gasteiger partial charge is 0.348 e. The fourth-order valence-corrected chi connectivity index (χ4v) is 4.98. The van der Waals surface area contributed by atoms with Gasteiger partial charge in [-0.25, -0.2) is 0 Å². The summed E-state index contributed by atoms with van der Waals surface area (Å²) in [6.45, 7) is 0.0303. The number of hydrogen-bond donors (Lipinski definition) is 0. The molecule has 4 rings (SSSR count). The Bertz CT molecular complexity index is 1280. The van der Waals surface area contributed by atoms with Gasteiger partial charge in [0.25, 0.3) is 11.8 Å². The van der Waals surface area contributed by atoms with E-state index in [1.165, 1.54) is 33.0 Å². The van der Waals surface area contributed by atoms with Crippen LogP contribution in [0.15, 0.2) is 42.5 Å². The van der Waals surface area contributed by atoms with Gasteiger partial charge in [-0.2, -0.15) is 8.78 Å². The van der Waals surface area contributed by atoms with Crippen LogP contribution in [-0.4, -0.2) is 75.2 Å². The number of nitrogens with zero attached hydrogens (tertiary/aromatic N) is 3. The zero-order valence-corrected chi connectivity index (χ0v) is 21.1. The summed E-state index contributed by atoms with van der Waals surface area (Å²) >= 11 is 5.76. The zero-order chi connectivity index (χ0) is 26.6.